The molecule has 1 aromatic rings. The topological polar surface area (TPSA) is 72.8 Å². The number of aliphatic carboxylic acids is 1. The highest BCUT2D eigenvalue weighted by Crippen LogP contribution is 2.20. The van der Waals surface area contributed by atoms with Gasteiger partial charge < -0.3 is 20.4 Å². The van der Waals surface area contributed by atoms with Gasteiger partial charge in [-0.2, -0.15) is 0 Å². The first-order valence-corrected chi connectivity index (χ1v) is 7.99. The van der Waals surface area contributed by atoms with Crippen molar-refractivity contribution in [1.29, 1.82) is 0 Å². The molecular formula is C17H26N2O3. The normalized spacial score (nSPS) is 22.6. The van der Waals surface area contributed by atoms with Crippen LogP contribution in [0.2, 0.25) is 0 Å². The van der Waals surface area contributed by atoms with Crippen LogP contribution < -0.4 is 5.32 Å². The quantitative estimate of drug-likeness (QED) is 0.676. The van der Waals surface area contributed by atoms with Crippen LogP contribution >= 0.6 is 0 Å². The molecule has 1 saturated heterocycles. The van der Waals surface area contributed by atoms with Gasteiger partial charge in [0.05, 0.1) is 6.42 Å². The maximum atomic E-state index is 10.8. The summed E-state index contributed by atoms with van der Waals surface area (Å²) in [5, 5.41) is 21.6. The summed E-state index contributed by atoms with van der Waals surface area (Å²) in [6.07, 6.45) is 2.00. The summed E-state index contributed by atoms with van der Waals surface area (Å²) >= 11 is 0. The van der Waals surface area contributed by atoms with E-state index >= 15 is 0 Å². The molecular weight excluding hydrogens is 280 g/mol. The predicted octanol–water partition coefficient (Wildman–Crippen LogP) is 1.32. The lowest BCUT2D eigenvalue weighted by Crippen LogP contribution is -2.49. The molecule has 2 unspecified atom stereocenters. The first-order chi connectivity index (χ1) is 10.7. The molecule has 1 aliphatic heterocycles. The first kappa shape index (κ1) is 16.9. The molecule has 1 heterocycles. The Morgan fingerprint density at radius 2 is 2.05 bits per heavy atom. The largest absolute Gasteiger partial charge is 0.481 e. The van der Waals surface area contributed by atoms with E-state index in [0.717, 1.165) is 32.5 Å². The molecule has 122 valence electrons. The number of aliphatic hydroxyl groups is 1. The molecule has 2 rings (SSSR count). The van der Waals surface area contributed by atoms with E-state index in [9.17, 15) is 9.90 Å². The zero-order chi connectivity index (χ0) is 15.8. The summed E-state index contributed by atoms with van der Waals surface area (Å²) in [4.78, 5) is 13.0. The van der Waals surface area contributed by atoms with Crippen molar-refractivity contribution in [3.63, 3.8) is 0 Å². The number of hydrogen-bond donors (Lipinski definition) is 3. The van der Waals surface area contributed by atoms with Gasteiger partial charge in [0, 0.05) is 38.8 Å². The lowest BCUT2D eigenvalue weighted by atomic mass is 9.91. The molecule has 1 fully saturated rings. The molecule has 0 spiro atoms. The van der Waals surface area contributed by atoms with Crippen molar-refractivity contribution in [3.8, 4) is 0 Å². The number of rotatable bonds is 8. The second-order valence-corrected chi connectivity index (χ2v) is 6.08. The maximum Gasteiger partial charge on any atom is 0.304 e. The Labute approximate surface area is 131 Å². The van der Waals surface area contributed by atoms with E-state index in [1.807, 2.05) is 18.2 Å². The van der Waals surface area contributed by atoms with Crippen LogP contribution in [-0.2, 0) is 11.3 Å². The van der Waals surface area contributed by atoms with Gasteiger partial charge in [-0.25, -0.2) is 0 Å². The molecule has 0 amide bonds. The molecule has 2 atom stereocenters. The van der Waals surface area contributed by atoms with Crippen molar-refractivity contribution < 1.29 is 15.0 Å². The number of likely N-dealkylation sites (tertiary alicyclic amines) is 1. The van der Waals surface area contributed by atoms with Gasteiger partial charge in [-0.3, -0.25) is 4.79 Å². The van der Waals surface area contributed by atoms with Gasteiger partial charge in [0.1, 0.15) is 0 Å². The number of carbonyl (C=O) groups is 1. The Balaban J connectivity index is 1.86. The third kappa shape index (κ3) is 5.75. The van der Waals surface area contributed by atoms with Gasteiger partial charge in [-0.15, -0.1) is 0 Å². The van der Waals surface area contributed by atoms with Crippen molar-refractivity contribution in [1.82, 2.24) is 10.2 Å². The van der Waals surface area contributed by atoms with Gasteiger partial charge in [0.15, 0.2) is 0 Å². The highest BCUT2D eigenvalue weighted by Gasteiger charge is 2.26. The van der Waals surface area contributed by atoms with Crippen LogP contribution in [0.4, 0.5) is 0 Å². The number of aliphatic hydroxyl groups excluding tert-OH is 1. The first-order valence-electron chi connectivity index (χ1n) is 7.99. The number of nitrogens with one attached hydrogen (secondary N) is 1. The highest BCUT2D eigenvalue weighted by atomic mass is 16.4. The molecule has 5 nitrogen and oxygen atoms in total. The number of piperidine rings is 1. The molecule has 0 bridgehead atoms. The average Bonchev–Trinajstić information content (AvgIpc) is 2.52. The van der Waals surface area contributed by atoms with Crippen molar-refractivity contribution in [2.75, 3.05) is 26.2 Å². The second-order valence-electron chi connectivity index (χ2n) is 6.08. The standard InChI is InChI=1S/C17H26N2O3/c20-9-7-15-10-16(13-19(12-15)8-6-17(21)22)18-11-14-4-2-1-3-5-14/h1-5,15-16,18,20H,6-13H2,(H,21,22). The molecule has 1 aromatic carbocycles. The maximum absolute atomic E-state index is 10.8. The van der Waals surface area contributed by atoms with Crippen molar-refractivity contribution in [2.45, 2.75) is 31.8 Å². The van der Waals surface area contributed by atoms with E-state index < -0.39 is 5.97 Å². The number of nitrogens with zero attached hydrogens (tertiary/aromatic N) is 1. The van der Waals surface area contributed by atoms with Crippen LogP contribution in [0.15, 0.2) is 30.3 Å². The fourth-order valence-electron chi connectivity index (χ4n) is 3.14. The van der Waals surface area contributed by atoms with E-state index in [1.165, 1.54) is 5.56 Å². The van der Waals surface area contributed by atoms with Gasteiger partial charge in [-0.1, -0.05) is 30.3 Å². The lowest BCUT2D eigenvalue weighted by molar-refractivity contribution is -0.137. The van der Waals surface area contributed by atoms with Crippen LogP contribution in [0.5, 0.6) is 0 Å². The minimum Gasteiger partial charge on any atom is -0.481 e. The van der Waals surface area contributed by atoms with Gasteiger partial charge in [0.2, 0.25) is 0 Å². The monoisotopic (exact) mass is 306 g/mol. The summed E-state index contributed by atoms with van der Waals surface area (Å²) in [5.41, 5.74) is 1.25. The fraction of sp³-hybridized carbons (Fsp3) is 0.588. The van der Waals surface area contributed by atoms with Crippen molar-refractivity contribution in [3.05, 3.63) is 35.9 Å². The van der Waals surface area contributed by atoms with Crippen molar-refractivity contribution in [2.24, 2.45) is 5.92 Å². The van der Waals surface area contributed by atoms with Gasteiger partial charge in [-0.05, 0) is 24.3 Å². The SMILES string of the molecule is O=C(O)CCN1CC(CCO)CC(NCc2ccccc2)C1. The molecule has 5 heteroatoms. The zero-order valence-electron chi connectivity index (χ0n) is 12.9. The Morgan fingerprint density at radius 1 is 1.27 bits per heavy atom. The summed E-state index contributed by atoms with van der Waals surface area (Å²) in [6.45, 7) is 3.37. The second kappa shape index (κ2) is 8.88. The van der Waals surface area contributed by atoms with Gasteiger partial charge >= 0.3 is 5.97 Å². The smallest absolute Gasteiger partial charge is 0.304 e. The van der Waals surface area contributed by atoms with E-state index in [0.29, 0.717) is 18.5 Å². The number of hydrogen-bond acceptors (Lipinski definition) is 4. The predicted molar refractivity (Wildman–Crippen MR) is 85.6 cm³/mol. The van der Waals surface area contributed by atoms with Crippen LogP contribution in [0, 0.1) is 5.92 Å². The number of carboxylic acid groups (broad SMARTS) is 1. The Morgan fingerprint density at radius 3 is 2.73 bits per heavy atom. The van der Waals surface area contributed by atoms with E-state index in [1.54, 1.807) is 0 Å². The number of benzene rings is 1. The Bertz CT molecular complexity index is 452. The van der Waals surface area contributed by atoms with E-state index in [-0.39, 0.29) is 13.0 Å². The molecule has 0 saturated carbocycles. The molecule has 0 aliphatic carbocycles. The third-order valence-corrected chi connectivity index (χ3v) is 4.23. The fourth-order valence-corrected chi connectivity index (χ4v) is 3.14. The summed E-state index contributed by atoms with van der Waals surface area (Å²) in [6, 6.07) is 10.6. The van der Waals surface area contributed by atoms with Crippen LogP contribution in [0.1, 0.15) is 24.8 Å². The van der Waals surface area contributed by atoms with Crippen LogP contribution in [0.25, 0.3) is 0 Å². The molecule has 22 heavy (non-hydrogen) atoms. The van der Waals surface area contributed by atoms with Crippen molar-refractivity contribution >= 4 is 5.97 Å². The average molecular weight is 306 g/mol. The Hall–Kier alpha value is -1.43. The minimum absolute atomic E-state index is 0.178. The van der Waals surface area contributed by atoms with Crippen LogP contribution in [0.3, 0.4) is 0 Å². The molecule has 1 aliphatic rings. The molecule has 3 N–H and O–H groups in total. The molecule has 0 aromatic heterocycles. The Kier molecular flexibility index (Phi) is 6.83. The zero-order valence-corrected chi connectivity index (χ0v) is 12.9. The lowest BCUT2D eigenvalue weighted by Gasteiger charge is -2.38. The third-order valence-electron chi connectivity index (χ3n) is 4.23. The number of carboxylic acids is 1. The van der Waals surface area contributed by atoms with Gasteiger partial charge in [0.25, 0.3) is 0 Å². The van der Waals surface area contributed by atoms with E-state index in [2.05, 4.69) is 22.3 Å². The highest BCUT2D eigenvalue weighted by molar-refractivity contribution is 5.66. The molecule has 0 radical (unpaired) electrons. The minimum atomic E-state index is -0.752. The van der Waals surface area contributed by atoms with Crippen LogP contribution in [-0.4, -0.2) is 53.4 Å². The summed E-state index contributed by atoms with van der Waals surface area (Å²) in [5.74, 6) is -0.320. The van der Waals surface area contributed by atoms with E-state index in [4.69, 9.17) is 5.11 Å². The summed E-state index contributed by atoms with van der Waals surface area (Å²) < 4.78 is 0. The summed E-state index contributed by atoms with van der Waals surface area (Å²) in [7, 11) is 0.